The molecule has 0 radical (unpaired) electrons. The second-order valence-electron chi connectivity index (χ2n) is 6.89. The van der Waals surface area contributed by atoms with Crippen molar-refractivity contribution in [1.29, 1.82) is 0 Å². The maximum absolute atomic E-state index is 12.7. The normalized spacial score (nSPS) is 23.5. The van der Waals surface area contributed by atoms with Crippen LogP contribution < -0.4 is 0 Å². The van der Waals surface area contributed by atoms with E-state index in [1.807, 2.05) is 6.92 Å². The van der Waals surface area contributed by atoms with Gasteiger partial charge in [-0.25, -0.2) is 0 Å². The number of carbonyl (C=O) groups excluding carboxylic acids is 1. The van der Waals surface area contributed by atoms with Gasteiger partial charge in [0, 0.05) is 12.6 Å². The van der Waals surface area contributed by atoms with Crippen molar-refractivity contribution < 1.29 is 13.6 Å². The van der Waals surface area contributed by atoms with Crippen molar-refractivity contribution in [3.05, 3.63) is 18.1 Å². The van der Waals surface area contributed by atoms with Gasteiger partial charge in [0.1, 0.15) is 5.76 Å². The number of furan rings is 1. The van der Waals surface area contributed by atoms with E-state index in [1.165, 1.54) is 37.4 Å². The minimum absolute atomic E-state index is 0.195. The summed E-state index contributed by atoms with van der Waals surface area (Å²) in [6.07, 6.45) is 9.00. The number of hydrogen-bond acceptors (Lipinski definition) is 6. The van der Waals surface area contributed by atoms with E-state index >= 15 is 0 Å². The van der Waals surface area contributed by atoms with Crippen molar-refractivity contribution >= 4 is 17.7 Å². The third kappa shape index (κ3) is 3.47. The van der Waals surface area contributed by atoms with Gasteiger partial charge in [0.2, 0.25) is 5.91 Å². The highest BCUT2D eigenvalue weighted by atomic mass is 32.2. The Morgan fingerprint density at radius 1 is 1.28 bits per heavy atom. The molecule has 7 heteroatoms. The molecule has 4 rings (SSSR count). The van der Waals surface area contributed by atoms with Crippen LogP contribution in [0.1, 0.15) is 44.3 Å². The first-order valence-corrected chi connectivity index (χ1v) is 10.0. The van der Waals surface area contributed by atoms with E-state index in [2.05, 4.69) is 15.1 Å². The lowest BCUT2D eigenvalue weighted by atomic mass is 9.78. The van der Waals surface area contributed by atoms with Crippen LogP contribution in [0.4, 0.5) is 0 Å². The minimum atomic E-state index is 0.195. The van der Waals surface area contributed by atoms with Crippen LogP contribution in [0.5, 0.6) is 0 Å². The van der Waals surface area contributed by atoms with Crippen molar-refractivity contribution in [2.75, 3.05) is 12.3 Å². The summed E-state index contributed by atoms with van der Waals surface area (Å²) in [6, 6.07) is 2.25. The fourth-order valence-electron chi connectivity index (χ4n) is 4.12. The van der Waals surface area contributed by atoms with E-state index in [4.69, 9.17) is 8.83 Å². The number of amides is 1. The zero-order valence-electron chi connectivity index (χ0n) is 14.4. The summed E-state index contributed by atoms with van der Waals surface area (Å²) in [5.41, 5.74) is 0.798. The van der Waals surface area contributed by atoms with E-state index in [0.29, 0.717) is 28.8 Å². The molecule has 2 atom stereocenters. The van der Waals surface area contributed by atoms with Gasteiger partial charge in [-0.1, -0.05) is 24.6 Å². The molecule has 0 spiro atoms. The van der Waals surface area contributed by atoms with Gasteiger partial charge in [0.05, 0.1) is 17.6 Å². The van der Waals surface area contributed by atoms with Crippen LogP contribution in [0.15, 0.2) is 26.4 Å². The molecule has 25 heavy (non-hydrogen) atoms. The van der Waals surface area contributed by atoms with Crippen LogP contribution in [0.2, 0.25) is 0 Å². The first kappa shape index (κ1) is 16.7. The molecule has 3 heterocycles. The van der Waals surface area contributed by atoms with Crippen LogP contribution in [0, 0.1) is 12.8 Å². The fraction of sp³-hybridized carbons (Fsp3) is 0.611. The number of aromatic nitrogens is 2. The Kier molecular flexibility index (Phi) is 4.83. The standard InChI is InChI=1S/C18H23N3O3S/c1-12-14(8-10-23-12)17-19-20-18(24-17)25-11-16(22)21-9-4-6-13-5-2-3-7-15(13)21/h8,10,13,15H,2-7,9,11H2,1H3. The summed E-state index contributed by atoms with van der Waals surface area (Å²) in [7, 11) is 0. The quantitative estimate of drug-likeness (QED) is 0.769. The Bertz CT molecular complexity index is 740. The molecular weight excluding hydrogens is 338 g/mol. The predicted molar refractivity (Wildman–Crippen MR) is 94.2 cm³/mol. The number of thioether (sulfide) groups is 1. The van der Waals surface area contributed by atoms with Crippen LogP contribution in [0.3, 0.4) is 0 Å². The lowest BCUT2D eigenvalue weighted by Gasteiger charge is -2.44. The van der Waals surface area contributed by atoms with Gasteiger partial charge in [-0.15, -0.1) is 10.2 Å². The van der Waals surface area contributed by atoms with E-state index in [1.54, 1.807) is 12.3 Å². The third-order valence-electron chi connectivity index (χ3n) is 5.38. The summed E-state index contributed by atoms with van der Waals surface area (Å²) >= 11 is 1.32. The molecule has 2 fully saturated rings. The summed E-state index contributed by atoms with van der Waals surface area (Å²) in [6.45, 7) is 2.75. The van der Waals surface area contributed by atoms with Crippen molar-refractivity contribution in [3.8, 4) is 11.5 Å². The van der Waals surface area contributed by atoms with Gasteiger partial charge < -0.3 is 13.7 Å². The molecule has 134 valence electrons. The Morgan fingerprint density at radius 2 is 2.12 bits per heavy atom. The van der Waals surface area contributed by atoms with Gasteiger partial charge in [0.25, 0.3) is 11.1 Å². The number of aryl methyl sites for hydroxylation is 1. The zero-order valence-corrected chi connectivity index (χ0v) is 15.3. The number of nitrogens with zero attached hydrogens (tertiary/aromatic N) is 3. The summed E-state index contributed by atoms with van der Waals surface area (Å²) < 4.78 is 10.9. The van der Waals surface area contributed by atoms with Crippen LogP contribution in [-0.2, 0) is 4.79 Å². The number of hydrogen-bond donors (Lipinski definition) is 0. The molecule has 2 unspecified atom stereocenters. The molecule has 1 amide bonds. The largest absolute Gasteiger partial charge is 0.469 e. The molecule has 1 saturated heterocycles. The van der Waals surface area contributed by atoms with Crippen molar-refractivity contribution in [2.24, 2.45) is 5.92 Å². The molecule has 2 aliphatic rings. The molecule has 1 saturated carbocycles. The smallest absolute Gasteiger partial charge is 0.277 e. The maximum atomic E-state index is 12.7. The van der Waals surface area contributed by atoms with Gasteiger partial charge in [-0.3, -0.25) is 4.79 Å². The van der Waals surface area contributed by atoms with Crippen LogP contribution in [-0.4, -0.2) is 39.3 Å². The molecule has 2 aromatic rings. The number of rotatable bonds is 4. The second-order valence-corrected chi connectivity index (χ2v) is 7.82. The molecule has 0 bridgehead atoms. The Balaban J connectivity index is 1.37. The SMILES string of the molecule is Cc1occc1-c1nnc(SCC(=O)N2CCCC3CCCCC32)o1. The van der Waals surface area contributed by atoms with E-state index in [0.717, 1.165) is 30.7 Å². The van der Waals surface area contributed by atoms with Crippen LogP contribution >= 0.6 is 11.8 Å². The lowest BCUT2D eigenvalue weighted by Crippen LogP contribution is -2.50. The number of carbonyl (C=O) groups is 1. The van der Waals surface area contributed by atoms with E-state index < -0.39 is 0 Å². The highest BCUT2D eigenvalue weighted by molar-refractivity contribution is 7.99. The van der Waals surface area contributed by atoms with Gasteiger partial charge in [-0.05, 0) is 44.6 Å². The molecule has 0 N–H and O–H groups in total. The first-order chi connectivity index (χ1) is 12.2. The van der Waals surface area contributed by atoms with Gasteiger partial charge in [-0.2, -0.15) is 0 Å². The van der Waals surface area contributed by atoms with E-state index in [-0.39, 0.29) is 5.91 Å². The number of likely N-dealkylation sites (tertiary alicyclic amines) is 1. The Morgan fingerprint density at radius 3 is 2.96 bits per heavy atom. The zero-order chi connectivity index (χ0) is 17.2. The molecule has 1 aliphatic heterocycles. The Labute approximate surface area is 151 Å². The average molecular weight is 361 g/mol. The highest BCUT2D eigenvalue weighted by Crippen LogP contribution is 2.36. The van der Waals surface area contributed by atoms with E-state index in [9.17, 15) is 4.79 Å². The summed E-state index contributed by atoms with van der Waals surface area (Å²) in [5.74, 6) is 2.44. The molecule has 1 aliphatic carbocycles. The molecule has 0 aromatic carbocycles. The topological polar surface area (TPSA) is 72.4 Å². The number of piperidine rings is 1. The van der Waals surface area contributed by atoms with Crippen molar-refractivity contribution in [2.45, 2.75) is 56.7 Å². The monoisotopic (exact) mass is 361 g/mol. The van der Waals surface area contributed by atoms with Gasteiger partial charge >= 0.3 is 0 Å². The molecular formula is C18H23N3O3S. The molecule has 2 aromatic heterocycles. The van der Waals surface area contributed by atoms with Crippen molar-refractivity contribution in [1.82, 2.24) is 15.1 Å². The highest BCUT2D eigenvalue weighted by Gasteiger charge is 2.35. The average Bonchev–Trinajstić information content (AvgIpc) is 3.27. The summed E-state index contributed by atoms with van der Waals surface area (Å²) in [5, 5.41) is 8.53. The molecule has 6 nitrogen and oxygen atoms in total. The lowest BCUT2D eigenvalue weighted by molar-refractivity contribution is -0.134. The Hall–Kier alpha value is -1.76. The maximum Gasteiger partial charge on any atom is 0.277 e. The second kappa shape index (κ2) is 7.23. The van der Waals surface area contributed by atoms with Crippen LogP contribution in [0.25, 0.3) is 11.5 Å². The summed E-state index contributed by atoms with van der Waals surface area (Å²) in [4.78, 5) is 14.8. The van der Waals surface area contributed by atoms with Crippen molar-refractivity contribution in [3.63, 3.8) is 0 Å². The van der Waals surface area contributed by atoms with Gasteiger partial charge in [0.15, 0.2) is 0 Å². The fourth-order valence-corrected chi connectivity index (χ4v) is 4.77. The predicted octanol–water partition coefficient (Wildman–Crippen LogP) is 3.91. The number of fused-ring (bicyclic) bond motifs is 1. The first-order valence-electron chi connectivity index (χ1n) is 9.02. The third-order valence-corrected chi connectivity index (χ3v) is 6.18. The minimum Gasteiger partial charge on any atom is -0.469 e.